The number of aliphatic hydroxyl groups is 1. The lowest BCUT2D eigenvalue weighted by Crippen LogP contribution is -2.52. The summed E-state index contributed by atoms with van der Waals surface area (Å²) >= 11 is 0. The lowest BCUT2D eigenvalue weighted by Gasteiger charge is -2.24. The molecule has 1 aromatic heterocycles. The molecule has 0 spiro atoms. The molecule has 130 valence electrons. The van der Waals surface area contributed by atoms with Crippen LogP contribution < -0.4 is 10.7 Å². The fourth-order valence-corrected chi connectivity index (χ4v) is 2.30. The van der Waals surface area contributed by atoms with Crippen LogP contribution in [0.2, 0.25) is 0 Å². The summed E-state index contributed by atoms with van der Waals surface area (Å²) in [6, 6.07) is 8.82. The molecule has 0 fully saturated rings. The van der Waals surface area contributed by atoms with Crippen molar-refractivity contribution in [2.24, 2.45) is 0 Å². The van der Waals surface area contributed by atoms with E-state index in [0.717, 1.165) is 0 Å². The van der Waals surface area contributed by atoms with Gasteiger partial charge in [-0.3, -0.25) is 9.59 Å². The first-order valence-corrected chi connectivity index (χ1v) is 7.16. The molecule has 0 saturated carbocycles. The van der Waals surface area contributed by atoms with Gasteiger partial charge in [0.05, 0.1) is 6.26 Å². The minimum absolute atomic E-state index is 0.0178. The summed E-state index contributed by atoms with van der Waals surface area (Å²) in [5.74, 6) is -1.62. The second kappa shape index (κ2) is 5.59. The van der Waals surface area contributed by atoms with Crippen LogP contribution in [0.4, 0.5) is 18.9 Å². The molecule has 1 heterocycles. The predicted molar refractivity (Wildman–Crippen MR) is 85.3 cm³/mol. The SMILES string of the molecule is CC(O)(C(=O)Nc1ccc2c(=O)c3occc3ccc2c1)C(F)(F)F. The largest absolute Gasteiger partial charge is 0.460 e. The number of benzene rings is 1. The van der Waals surface area contributed by atoms with Crippen molar-refractivity contribution in [2.75, 3.05) is 5.32 Å². The second-order valence-electron chi connectivity index (χ2n) is 5.69. The van der Waals surface area contributed by atoms with Crippen molar-refractivity contribution >= 4 is 33.3 Å². The minimum atomic E-state index is -5.12. The van der Waals surface area contributed by atoms with Crippen molar-refractivity contribution < 1.29 is 27.5 Å². The van der Waals surface area contributed by atoms with Crippen molar-refractivity contribution in [1.29, 1.82) is 0 Å². The Morgan fingerprint density at radius 3 is 2.48 bits per heavy atom. The van der Waals surface area contributed by atoms with Crippen molar-refractivity contribution in [3.63, 3.8) is 0 Å². The first kappa shape index (κ1) is 17.0. The molecule has 1 unspecified atom stereocenters. The molecule has 0 bridgehead atoms. The minimum Gasteiger partial charge on any atom is -0.460 e. The highest BCUT2D eigenvalue weighted by Gasteiger charge is 2.55. The summed E-state index contributed by atoms with van der Waals surface area (Å²) in [7, 11) is 0. The number of amides is 1. The van der Waals surface area contributed by atoms with E-state index in [1.807, 2.05) is 5.32 Å². The number of furan rings is 1. The Kier molecular flexibility index (Phi) is 3.80. The molecule has 0 radical (unpaired) electrons. The first-order valence-electron chi connectivity index (χ1n) is 7.16. The second-order valence-corrected chi connectivity index (χ2v) is 5.69. The van der Waals surface area contributed by atoms with Gasteiger partial charge in [0.15, 0.2) is 5.58 Å². The molecule has 5 nitrogen and oxygen atoms in total. The predicted octanol–water partition coefficient (Wildman–Crippen LogP) is 3.20. The normalized spacial score (nSPS) is 14.4. The Hall–Kier alpha value is -2.87. The third-order valence-electron chi connectivity index (χ3n) is 3.89. The third kappa shape index (κ3) is 2.85. The van der Waals surface area contributed by atoms with Crippen molar-refractivity contribution in [1.82, 2.24) is 0 Å². The van der Waals surface area contributed by atoms with Gasteiger partial charge in [0.2, 0.25) is 11.0 Å². The number of rotatable bonds is 2. The fraction of sp³-hybridized carbons (Fsp3) is 0.176. The maximum absolute atomic E-state index is 12.7. The van der Waals surface area contributed by atoms with Gasteiger partial charge in [0, 0.05) is 16.5 Å². The van der Waals surface area contributed by atoms with E-state index in [2.05, 4.69) is 0 Å². The molecule has 1 atom stereocenters. The Morgan fingerprint density at radius 2 is 1.80 bits per heavy atom. The summed E-state index contributed by atoms with van der Waals surface area (Å²) in [4.78, 5) is 24.1. The third-order valence-corrected chi connectivity index (χ3v) is 3.89. The van der Waals surface area contributed by atoms with Gasteiger partial charge in [-0.15, -0.1) is 0 Å². The number of hydrogen-bond acceptors (Lipinski definition) is 4. The summed E-state index contributed by atoms with van der Waals surface area (Å²) in [5, 5.41) is 12.7. The number of fused-ring (bicyclic) bond motifs is 2. The van der Waals surface area contributed by atoms with Crippen LogP contribution >= 0.6 is 0 Å². The van der Waals surface area contributed by atoms with E-state index in [0.29, 0.717) is 17.7 Å². The average molecular weight is 351 g/mol. The average Bonchev–Trinajstić information content (AvgIpc) is 2.95. The highest BCUT2D eigenvalue weighted by Crippen LogP contribution is 2.31. The van der Waals surface area contributed by atoms with E-state index >= 15 is 0 Å². The van der Waals surface area contributed by atoms with Crippen molar-refractivity contribution in [3.8, 4) is 0 Å². The fourth-order valence-electron chi connectivity index (χ4n) is 2.30. The van der Waals surface area contributed by atoms with Gasteiger partial charge >= 0.3 is 6.18 Å². The lowest BCUT2D eigenvalue weighted by molar-refractivity contribution is -0.242. The molecular formula is C17H12F3NO4. The molecule has 25 heavy (non-hydrogen) atoms. The van der Waals surface area contributed by atoms with Crippen LogP contribution in [-0.2, 0) is 4.79 Å². The smallest absolute Gasteiger partial charge is 0.426 e. The summed E-state index contributed by atoms with van der Waals surface area (Å²) in [6.45, 7) is 0.368. The van der Waals surface area contributed by atoms with Crippen molar-refractivity contribution in [2.45, 2.75) is 18.7 Å². The maximum atomic E-state index is 12.7. The molecule has 2 aromatic carbocycles. The number of nitrogens with one attached hydrogen (secondary N) is 1. The van der Waals surface area contributed by atoms with Gasteiger partial charge in [-0.2, -0.15) is 13.2 Å². The van der Waals surface area contributed by atoms with E-state index in [-0.39, 0.29) is 22.1 Å². The molecule has 2 N–H and O–H groups in total. The number of carbonyl (C=O) groups is 1. The van der Waals surface area contributed by atoms with Gasteiger partial charge in [0.1, 0.15) is 0 Å². The van der Waals surface area contributed by atoms with Crippen LogP contribution in [-0.4, -0.2) is 22.8 Å². The Balaban J connectivity index is 2.04. The Bertz CT molecular complexity index is 1040. The number of hydrogen-bond donors (Lipinski definition) is 2. The summed E-state index contributed by atoms with van der Waals surface area (Å²) in [6.07, 6.45) is -3.74. The Labute approximate surface area is 138 Å². The molecule has 0 aliphatic heterocycles. The van der Waals surface area contributed by atoms with Crippen LogP contribution in [0.1, 0.15) is 6.92 Å². The zero-order valence-electron chi connectivity index (χ0n) is 12.8. The number of alkyl halides is 3. The molecule has 8 heteroatoms. The van der Waals surface area contributed by atoms with E-state index in [4.69, 9.17) is 4.42 Å². The van der Waals surface area contributed by atoms with Crippen molar-refractivity contribution in [3.05, 3.63) is 52.9 Å². The quantitative estimate of drug-likeness (QED) is 0.743. The lowest BCUT2D eigenvalue weighted by atomic mass is 10.1. The molecule has 3 aromatic rings. The molecule has 0 aliphatic rings. The number of halogens is 3. The van der Waals surface area contributed by atoms with E-state index in [9.17, 15) is 27.9 Å². The van der Waals surface area contributed by atoms with Gasteiger partial charge in [-0.05, 0) is 36.6 Å². The first-order chi connectivity index (χ1) is 11.6. The van der Waals surface area contributed by atoms with Gasteiger partial charge < -0.3 is 14.8 Å². The molecule has 0 aliphatic carbocycles. The molecule has 1 amide bonds. The van der Waals surface area contributed by atoms with E-state index in [1.54, 1.807) is 18.2 Å². The molecule has 0 saturated heterocycles. The highest BCUT2D eigenvalue weighted by atomic mass is 19.4. The van der Waals surface area contributed by atoms with Gasteiger partial charge in [0.25, 0.3) is 5.91 Å². The van der Waals surface area contributed by atoms with Gasteiger partial charge in [-0.25, -0.2) is 0 Å². The van der Waals surface area contributed by atoms with E-state index in [1.165, 1.54) is 24.5 Å². The van der Waals surface area contributed by atoms with E-state index < -0.39 is 17.7 Å². The maximum Gasteiger partial charge on any atom is 0.426 e. The zero-order chi connectivity index (χ0) is 18.4. The summed E-state index contributed by atoms with van der Waals surface area (Å²) in [5.41, 5.74) is -3.73. The van der Waals surface area contributed by atoms with Crippen LogP contribution in [0, 0.1) is 0 Å². The number of carbonyl (C=O) groups excluding carboxylic acids is 1. The zero-order valence-corrected chi connectivity index (χ0v) is 12.8. The molecular weight excluding hydrogens is 339 g/mol. The molecule has 3 rings (SSSR count). The van der Waals surface area contributed by atoms with Crippen LogP contribution in [0.5, 0.6) is 0 Å². The monoisotopic (exact) mass is 351 g/mol. The van der Waals surface area contributed by atoms with Crippen LogP contribution in [0.3, 0.4) is 0 Å². The summed E-state index contributed by atoms with van der Waals surface area (Å²) < 4.78 is 43.3. The van der Waals surface area contributed by atoms with Crippen LogP contribution in [0.25, 0.3) is 21.7 Å². The number of anilines is 1. The van der Waals surface area contributed by atoms with Gasteiger partial charge in [-0.1, -0.05) is 12.1 Å². The van der Waals surface area contributed by atoms with Crippen LogP contribution in [0.15, 0.2) is 51.9 Å². The highest BCUT2D eigenvalue weighted by molar-refractivity contribution is 6.00. The topological polar surface area (TPSA) is 79.5 Å². The standard InChI is InChI=1S/C17H12F3NO4/c1-16(24,17(18,19)20)15(23)21-11-4-5-12-10(8-11)3-2-9-6-7-25-14(9)13(12)22/h2-8,24H,1H3,(H,21,23). The Morgan fingerprint density at radius 1 is 1.12 bits per heavy atom.